The molecule has 0 heterocycles. The van der Waals surface area contributed by atoms with Gasteiger partial charge in [0.2, 0.25) is 5.91 Å². The molecule has 0 aliphatic heterocycles. The van der Waals surface area contributed by atoms with Gasteiger partial charge >= 0.3 is 0 Å². The summed E-state index contributed by atoms with van der Waals surface area (Å²) in [5.41, 5.74) is 0. The summed E-state index contributed by atoms with van der Waals surface area (Å²) in [7, 11) is 1.22. The van der Waals surface area contributed by atoms with Crippen molar-refractivity contribution in [3.63, 3.8) is 0 Å². The number of carbonyl (C=O) groups excluding carboxylic acids is 1. The standard InChI is InChI=1S/C41H77N2O6P/c1-6-8-10-12-14-16-18-19-20-21-22-23-24-25-26-28-30-32-34-40(44)39(38-49-50(46,47)48-37-36-43(3,4)5)42-41(45)35-33-31-29-27-17-15-13-11-9-7-2/h13,15,21-22,25-26,32,34,39-40,44H,6-12,14,16-20,23-24,27-31,33,35-38H2,1-5H3,(H-,42,45,46,47)/b15-13-,22-21+,26-25+,34-32+. The Morgan fingerprint density at radius 3 is 1.68 bits per heavy atom. The molecule has 0 saturated carbocycles. The normalized spacial score (nSPS) is 15.1. The molecule has 0 radical (unpaired) electrons. The second kappa shape index (κ2) is 33.3. The van der Waals surface area contributed by atoms with Gasteiger partial charge in [0.05, 0.1) is 39.9 Å². The summed E-state index contributed by atoms with van der Waals surface area (Å²) in [4.78, 5) is 25.1. The zero-order valence-corrected chi connectivity index (χ0v) is 33.7. The topological polar surface area (TPSA) is 108 Å². The predicted octanol–water partition coefficient (Wildman–Crippen LogP) is 9.89. The van der Waals surface area contributed by atoms with E-state index in [0.717, 1.165) is 64.2 Å². The first-order chi connectivity index (χ1) is 24.0. The fourth-order valence-corrected chi connectivity index (χ4v) is 5.94. The van der Waals surface area contributed by atoms with Crippen molar-refractivity contribution in [2.45, 2.75) is 167 Å². The summed E-state index contributed by atoms with van der Waals surface area (Å²) in [6.07, 6.45) is 40.2. The zero-order valence-electron chi connectivity index (χ0n) is 32.8. The number of nitrogens with one attached hydrogen (secondary N) is 1. The first-order valence-corrected chi connectivity index (χ1v) is 21.5. The summed E-state index contributed by atoms with van der Waals surface area (Å²) in [6, 6.07) is -0.913. The number of unbranched alkanes of at least 4 members (excludes halogenated alkanes) is 16. The van der Waals surface area contributed by atoms with E-state index in [9.17, 15) is 19.4 Å². The first kappa shape index (κ1) is 48.5. The Bertz CT molecular complexity index is 959. The highest BCUT2D eigenvalue weighted by molar-refractivity contribution is 7.45. The molecule has 3 atom stereocenters. The van der Waals surface area contributed by atoms with Crippen molar-refractivity contribution in [3.05, 3.63) is 48.6 Å². The van der Waals surface area contributed by atoms with Crippen LogP contribution in [-0.4, -0.2) is 68.5 Å². The number of hydrogen-bond donors (Lipinski definition) is 2. The molecule has 2 N–H and O–H groups in total. The van der Waals surface area contributed by atoms with Gasteiger partial charge in [0, 0.05) is 6.42 Å². The van der Waals surface area contributed by atoms with Gasteiger partial charge in [-0.15, -0.1) is 0 Å². The molecule has 1 amide bonds. The lowest BCUT2D eigenvalue weighted by molar-refractivity contribution is -0.870. The van der Waals surface area contributed by atoms with Gasteiger partial charge in [0.15, 0.2) is 0 Å². The summed E-state index contributed by atoms with van der Waals surface area (Å²) in [6.45, 7) is 4.53. The molecule has 0 rings (SSSR count). The zero-order chi connectivity index (χ0) is 37.2. The van der Waals surface area contributed by atoms with E-state index in [2.05, 4.69) is 55.6 Å². The lowest BCUT2D eigenvalue weighted by Crippen LogP contribution is -2.45. The Morgan fingerprint density at radius 2 is 1.14 bits per heavy atom. The summed E-state index contributed by atoms with van der Waals surface area (Å²) in [5.74, 6) is -0.230. The fourth-order valence-electron chi connectivity index (χ4n) is 5.22. The maximum Gasteiger partial charge on any atom is 0.268 e. The third-order valence-corrected chi connectivity index (χ3v) is 9.45. The molecule has 8 nitrogen and oxygen atoms in total. The van der Waals surface area contributed by atoms with Crippen molar-refractivity contribution in [2.75, 3.05) is 40.9 Å². The first-order valence-electron chi connectivity index (χ1n) is 20.0. The van der Waals surface area contributed by atoms with E-state index in [4.69, 9.17) is 9.05 Å². The van der Waals surface area contributed by atoms with E-state index >= 15 is 0 Å². The molecule has 0 fully saturated rings. The van der Waals surface area contributed by atoms with Crippen LogP contribution in [0.5, 0.6) is 0 Å². The molecule has 0 spiro atoms. The molecule has 0 aromatic rings. The smallest absolute Gasteiger partial charge is 0.268 e. The maximum absolute atomic E-state index is 12.7. The Hall–Kier alpha value is -1.54. The molecule has 9 heteroatoms. The monoisotopic (exact) mass is 725 g/mol. The van der Waals surface area contributed by atoms with Gasteiger partial charge in [-0.2, -0.15) is 0 Å². The van der Waals surface area contributed by atoms with Crippen molar-refractivity contribution in [1.29, 1.82) is 0 Å². The molecule has 0 aliphatic carbocycles. The predicted molar refractivity (Wildman–Crippen MR) is 210 cm³/mol. The summed E-state index contributed by atoms with van der Waals surface area (Å²) < 4.78 is 23.1. The number of rotatable bonds is 35. The molecule has 0 aliphatic rings. The van der Waals surface area contributed by atoms with E-state index in [1.165, 1.54) is 70.6 Å². The van der Waals surface area contributed by atoms with Crippen LogP contribution in [-0.2, 0) is 18.4 Å². The van der Waals surface area contributed by atoms with Crippen molar-refractivity contribution >= 4 is 13.7 Å². The molecular weight excluding hydrogens is 647 g/mol. The average Bonchev–Trinajstić information content (AvgIpc) is 3.06. The minimum absolute atomic E-state index is 0.0125. The van der Waals surface area contributed by atoms with Gasteiger partial charge in [0.25, 0.3) is 7.82 Å². The number of aliphatic hydroxyl groups excluding tert-OH is 1. The molecule has 0 aromatic heterocycles. The second-order valence-corrected chi connectivity index (χ2v) is 16.0. The quantitative estimate of drug-likeness (QED) is 0.0292. The van der Waals surface area contributed by atoms with E-state index in [-0.39, 0.29) is 12.5 Å². The Kier molecular flexibility index (Phi) is 32.3. The largest absolute Gasteiger partial charge is 0.756 e. The van der Waals surface area contributed by atoms with E-state index in [0.29, 0.717) is 17.4 Å². The number of quaternary nitrogens is 1. The van der Waals surface area contributed by atoms with Crippen LogP contribution in [0.3, 0.4) is 0 Å². The van der Waals surface area contributed by atoms with Crippen LogP contribution < -0.4 is 10.2 Å². The number of nitrogens with zero attached hydrogens (tertiary/aromatic N) is 1. The van der Waals surface area contributed by atoms with E-state index in [1.54, 1.807) is 6.08 Å². The van der Waals surface area contributed by atoms with E-state index < -0.39 is 26.6 Å². The number of phosphoric acid groups is 1. The minimum Gasteiger partial charge on any atom is -0.756 e. The SMILES string of the molecule is CCCC/C=C\CCCCCCC(=O)NC(COP(=O)([O-])OCC[N+](C)(C)C)C(O)/C=C/CC/C=C/CC/C=C/CCCCCCCCCC. The van der Waals surface area contributed by atoms with Crippen LogP contribution in [0.2, 0.25) is 0 Å². The number of carbonyl (C=O) groups is 1. The summed E-state index contributed by atoms with van der Waals surface area (Å²) >= 11 is 0. The lowest BCUT2D eigenvalue weighted by Gasteiger charge is -2.29. The molecule has 0 saturated heterocycles. The fraction of sp³-hybridized carbons (Fsp3) is 0.780. The van der Waals surface area contributed by atoms with Crippen LogP contribution in [0.1, 0.15) is 155 Å². The molecular formula is C41H77N2O6P. The minimum atomic E-state index is -4.59. The van der Waals surface area contributed by atoms with Crippen LogP contribution in [0.4, 0.5) is 0 Å². The van der Waals surface area contributed by atoms with Crippen LogP contribution >= 0.6 is 7.82 Å². The lowest BCUT2D eigenvalue weighted by atomic mass is 10.1. The number of phosphoric ester groups is 1. The Morgan fingerprint density at radius 1 is 0.680 bits per heavy atom. The number of allylic oxidation sites excluding steroid dienone is 7. The van der Waals surface area contributed by atoms with Gasteiger partial charge < -0.3 is 28.8 Å². The molecule has 3 unspecified atom stereocenters. The van der Waals surface area contributed by atoms with Gasteiger partial charge in [-0.1, -0.05) is 133 Å². The number of likely N-dealkylation sites (N-methyl/N-ethyl adjacent to an activating group) is 1. The third kappa shape index (κ3) is 34.9. The second-order valence-electron chi connectivity index (χ2n) is 14.6. The van der Waals surface area contributed by atoms with Crippen molar-refractivity contribution in [1.82, 2.24) is 5.32 Å². The number of aliphatic hydroxyl groups is 1. The molecule has 0 bridgehead atoms. The highest BCUT2D eigenvalue weighted by atomic mass is 31.2. The number of hydrogen-bond acceptors (Lipinski definition) is 6. The van der Waals surface area contributed by atoms with E-state index in [1.807, 2.05) is 27.2 Å². The van der Waals surface area contributed by atoms with Gasteiger partial charge in [-0.05, 0) is 64.2 Å². The van der Waals surface area contributed by atoms with Gasteiger partial charge in [-0.3, -0.25) is 9.36 Å². The van der Waals surface area contributed by atoms with Crippen LogP contribution in [0.25, 0.3) is 0 Å². The maximum atomic E-state index is 12.7. The van der Waals surface area contributed by atoms with Crippen molar-refractivity contribution < 1.29 is 32.9 Å². The Balaban J connectivity index is 4.58. The average molecular weight is 725 g/mol. The highest BCUT2D eigenvalue weighted by Crippen LogP contribution is 2.38. The Labute approximate surface area is 308 Å². The molecule has 292 valence electrons. The molecule has 0 aromatic carbocycles. The molecule has 50 heavy (non-hydrogen) atoms. The summed E-state index contributed by atoms with van der Waals surface area (Å²) in [5, 5.41) is 13.7. The van der Waals surface area contributed by atoms with Crippen LogP contribution in [0, 0.1) is 0 Å². The van der Waals surface area contributed by atoms with Crippen molar-refractivity contribution in [2.24, 2.45) is 0 Å². The van der Waals surface area contributed by atoms with Crippen molar-refractivity contribution in [3.8, 4) is 0 Å². The van der Waals surface area contributed by atoms with Gasteiger partial charge in [-0.25, -0.2) is 0 Å². The highest BCUT2D eigenvalue weighted by Gasteiger charge is 2.23. The number of amides is 1. The van der Waals surface area contributed by atoms with Gasteiger partial charge in [0.1, 0.15) is 13.2 Å². The third-order valence-electron chi connectivity index (χ3n) is 8.49. The van der Waals surface area contributed by atoms with Crippen LogP contribution in [0.15, 0.2) is 48.6 Å².